The van der Waals surface area contributed by atoms with Gasteiger partial charge in [-0.2, -0.15) is 13.2 Å². The number of urea groups is 1. The van der Waals surface area contributed by atoms with E-state index in [1.165, 1.54) is 0 Å². The molecular formula is C17H13F4N3O2. The van der Waals surface area contributed by atoms with Gasteiger partial charge < -0.3 is 5.32 Å². The highest BCUT2D eigenvalue weighted by molar-refractivity contribution is 6.08. The molecule has 0 bridgehead atoms. The van der Waals surface area contributed by atoms with Gasteiger partial charge >= 0.3 is 12.2 Å². The zero-order chi connectivity index (χ0) is 18.9. The molecule has 3 rings (SSSR count). The van der Waals surface area contributed by atoms with Crippen LogP contribution in [0.2, 0.25) is 0 Å². The van der Waals surface area contributed by atoms with Crippen LogP contribution < -0.4 is 10.6 Å². The molecule has 1 aliphatic rings. The lowest BCUT2D eigenvalue weighted by molar-refractivity contribution is -0.188. The number of anilines is 1. The lowest BCUT2D eigenvalue weighted by Gasteiger charge is -2.30. The van der Waals surface area contributed by atoms with Crippen LogP contribution in [-0.4, -0.2) is 28.7 Å². The quantitative estimate of drug-likeness (QED) is 0.644. The van der Waals surface area contributed by atoms with Crippen molar-refractivity contribution in [1.29, 1.82) is 0 Å². The number of carbonyl (C=O) groups is 2. The molecule has 5 nitrogen and oxygen atoms in total. The molecule has 1 aliphatic heterocycles. The molecule has 0 aromatic heterocycles. The summed E-state index contributed by atoms with van der Waals surface area (Å²) in [6.45, 7) is -0.311. The molecule has 136 valence electrons. The SMILES string of the molecule is O=C1N[C@@](Nc2ccc(F)cc2)(C(F)(F)F)C(=O)N1Cc1ccccc1. The normalized spacial score (nSPS) is 20.2. The third kappa shape index (κ3) is 3.07. The zero-order valence-corrected chi connectivity index (χ0v) is 13.2. The average molecular weight is 367 g/mol. The van der Waals surface area contributed by atoms with E-state index in [4.69, 9.17) is 0 Å². The molecule has 0 saturated carbocycles. The molecule has 0 unspecified atom stereocenters. The minimum Gasteiger partial charge on any atom is -0.347 e. The summed E-state index contributed by atoms with van der Waals surface area (Å²) in [5.74, 6) is -2.13. The fourth-order valence-electron chi connectivity index (χ4n) is 2.58. The first kappa shape index (κ1) is 17.7. The number of halogens is 4. The van der Waals surface area contributed by atoms with Crippen molar-refractivity contribution < 1.29 is 27.2 Å². The van der Waals surface area contributed by atoms with Crippen molar-refractivity contribution in [2.45, 2.75) is 18.4 Å². The van der Waals surface area contributed by atoms with E-state index in [1.807, 2.05) is 5.32 Å². The van der Waals surface area contributed by atoms with Crippen molar-refractivity contribution in [3.8, 4) is 0 Å². The van der Waals surface area contributed by atoms with Gasteiger partial charge in [-0.3, -0.25) is 15.0 Å². The molecular weight excluding hydrogens is 354 g/mol. The maximum absolute atomic E-state index is 13.7. The minimum absolute atomic E-state index is 0.168. The van der Waals surface area contributed by atoms with Crippen LogP contribution in [0, 0.1) is 5.82 Å². The van der Waals surface area contributed by atoms with E-state index in [0.717, 1.165) is 24.3 Å². The number of rotatable bonds is 4. The topological polar surface area (TPSA) is 61.4 Å². The van der Waals surface area contributed by atoms with E-state index in [0.29, 0.717) is 10.5 Å². The van der Waals surface area contributed by atoms with E-state index < -0.39 is 29.6 Å². The summed E-state index contributed by atoms with van der Waals surface area (Å²) in [5.41, 5.74) is -2.99. The highest BCUT2D eigenvalue weighted by atomic mass is 19.4. The van der Waals surface area contributed by atoms with Crippen LogP contribution in [0.4, 0.5) is 28.0 Å². The van der Waals surface area contributed by atoms with Gasteiger partial charge in [0.1, 0.15) is 5.82 Å². The Kier molecular flexibility index (Phi) is 4.31. The summed E-state index contributed by atoms with van der Waals surface area (Å²) in [6, 6.07) is 10.9. The lowest BCUT2D eigenvalue weighted by Crippen LogP contribution is -2.64. The fourth-order valence-corrected chi connectivity index (χ4v) is 2.58. The monoisotopic (exact) mass is 367 g/mol. The summed E-state index contributed by atoms with van der Waals surface area (Å²) in [4.78, 5) is 25.1. The maximum Gasteiger partial charge on any atom is 0.440 e. The summed E-state index contributed by atoms with van der Waals surface area (Å²) >= 11 is 0. The second kappa shape index (κ2) is 6.32. The number of nitrogens with zero attached hydrogens (tertiary/aromatic N) is 1. The first-order valence-corrected chi connectivity index (χ1v) is 7.51. The molecule has 1 atom stereocenters. The van der Waals surface area contributed by atoms with Gasteiger partial charge in [0.05, 0.1) is 6.54 Å². The van der Waals surface area contributed by atoms with E-state index in [1.54, 1.807) is 35.6 Å². The molecule has 0 aliphatic carbocycles. The van der Waals surface area contributed by atoms with Crippen molar-refractivity contribution in [2.75, 3.05) is 5.32 Å². The van der Waals surface area contributed by atoms with Crippen molar-refractivity contribution in [3.63, 3.8) is 0 Å². The van der Waals surface area contributed by atoms with Gasteiger partial charge in [-0.05, 0) is 29.8 Å². The average Bonchev–Trinajstić information content (AvgIpc) is 2.83. The smallest absolute Gasteiger partial charge is 0.347 e. The van der Waals surface area contributed by atoms with Gasteiger partial charge in [-0.25, -0.2) is 9.18 Å². The third-order valence-electron chi connectivity index (χ3n) is 3.89. The van der Waals surface area contributed by atoms with Gasteiger partial charge in [0, 0.05) is 5.69 Å². The first-order valence-electron chi connectivity index (χ1n) is 7.51. The van der Waals surface area contributed by atoms with E-state index in [-0.39, 0.29) is 12.2 Å². The minimum atomic E-state index is -5.13. The number of amides is 3. The Morgan fingerprint density at radius 3 is 2.19 bits per heavy atom. The van der Waals surface area contributed by atoms with Crippen LogP contribution in [0.25, 0.3) is 0 Å². The Hall–Kier alpha value is -3.10. The van der Waals surface area contributed by atoms with E-state index >= 15 is 0 Å². The number of hydrogen-bond donors (Lipinski definition) is 2. The molecule has 1 fully saturated rings. The summed E-state index contributed by atoms with van der Waals surface area (Å²) in [5, 5.41) is 3.70. The van der Waals surface area contributed by atoms with Gasteiger partial charge in [-0.1, -0.05) is 30.3 Å². The van der Waals surface area contributed by atoms with Crippen molar-refractivity contribution in [1.82, 2.24) is 10.2 Å². The summed E-state index contributed by atoms with van der Waals surface area (Å²) in [7, 11) is 0. The Labute approximate surface area is 145 Å². The molecule has 2 N–H and O–H groups in total. The van der Waals surface area contributed by atoms with Crippen LogP contribution in [-0.2, 0) is 11.3 Å². The molecule has 1 saturated heterocycles. The van der Waals surface area contributed by atoms with Crippen LogP contribution >= 0.6 is 0 Å². The number of alkyl halides is 3. The fraction of sp³-hybridized carbons (Fsp3) is 0.176. The molecule has 2 aromatic rings. The molecule has 0 radical (unpaired) electrons. The molecule has 0 spiro atoms. The zero-order valence-electron chi connectivity index (χ0n) is 13.2. The van der Waals surface area contributed by atoms with Gasteiger partial charge in [0.25, 0.3) is 11.6 Å². The van der Waals surface area contributed by atoms with Crippen LogP contribution in [0.3, 0.4) is 0 Å². The lowest BCUT2D eigenvalue weighted by atomic mass is 10.1. The second-order valence-electron chi connectivity index (χ2n) is 5.69. The van der Waals surface area contributed by atoms with Crippen molar-refractivity contribution in [3.05, 3.63) is 66.0 Å². The number of imide groups is 1. The number of nitrogens with one attached hydrogen (secondary N) is 2. The molecule has 3 amide bonds. The Bertz CT molecular complexity index is 824. The number of benzene rings is 2. The summed E-state index contributed by atoms with van der Waals surface area (Å²) in [6.07, 6.45) is -5.13. The number of carbonyl (C=O) groups excluding carboxylic acids is 2. The van der Waals surface area contributed by atoms with Gasteiger partial charge in [0.2, 0.25) is 0 Å². The third-order valence-corrected chi connectivity index (χ3v) is 3.89. The Morgan fingerprint density at radius 1 is 1.00 bits per heavy atom. The molecule has 2 aromatic carbocycles. The standard InChI is InChI=1S/C17H13F4N3O2/c18-12-6-8-13(9-7-12)22-16(17(19,20)21)14(25)24(15(26)23-16)10-11-4-2-1-3-5-11/h1-9,22H,10H2,(H,23,26)/t16-/m1/s1. The van der Waals surface area contributed by atoms with E-state index in [9.17, 15) is 27.2 Å². The number of hydrogen-bond acceptors (Lipinski definition) is 3. The van der Waals surface area contributed by atoms with E-state index in [2.05, 4.69) is 0 Å². The Morgan fingerprint density at radius 2 is 1.62 bits per heavy atom. The predicted molar refractivity (Wildman–Crippen MR) is 84.3 cm³/mol. The Balaban J connectivity index is 1.94. The second-order valence-corrected chi connectivity index (χ2v) is 5.69. The van der Waals surface area contributed by atoms with Crippen LogP contribution in [0.1, 0.15) is 5.56 Å². The van der Waals surface area contributed by atoms with Crippen molar-refractivity contribution in [2.24, 2.45) is 0 Å². The van der Waals surface area contributed by atoms with Gasteiger partial charge in [0.15, 0.2) is 0 Å². The van der Waals surface area contributed by atoms with Gasteiger partial charge in [-0.15, -0.1) is 0 Å². The first-order chi connectivity index (χ1) is 12.2. The predicted octanol–water partition coefficient (Wildman–Crippen LogP) is 3.25. The molecule has 26 heavy (non-hydrogen) atoms. The van der Waals surface area contributed by atoms with Crippen LogP contribution in [0.15, 0.2) is 54.6 Å². The highest BCUT2D eigenvalue weighted by Crippen LogP contribution is 2.37. The summed E-state index contributed by atoms with van der Waals surface area (Å²) < 4.78 is 54.1. The molecule has 9 heteroatoms. The highest BCUT2D eigenvalue weighted by Gasteiger charge is 2.68. The van der Waals surface area contributed by atoms with Crippen LogP contribution in [0.5, 0.6) is 0 Å². The van der Waals surface area contributed by atoms with Crippen molar-refractivity contribution >= 4 is 17.6 Å². The molecule has 1 heterocycles. The largest absolute Gasteiger partial charge is 0.440 e. The maximum atomic E-state index is 13.7.